The maximum atomic E-state index is 12.8. The van der Waals surface area contributed by atoms with Crippen LogP contribution in [0.1, 0.15) is 60.0 Å². The molecule has 4 atom stereocenters. The standard InChI is InChI=1S/2C19H19NO3/c2*21-18(13-14-7-3-1-4-8-14)20-16(11-12-17(20)19(22)23)15-9-5-2-6-10-15/h2*1-10,16-17H,11-13H2,(H,22,23)/t16-,17+;/m0./s1. The van der Waals surface area contributed by atoms with Gasteiger partial charge in [-0.25, -0.2) is 9.59 Å². The highest BCUT2D eigenvalue weighted by atomic mass is 16.4. The molecule has 2 aliphatic heterocycles. The third kappa shape index (κ3) is 7.69. The second-order valence-electron chi connectivity index (χ2n) is 11.6. The van der Waals surface area contributed by atoms with Gasteiger partial charge in [-0.1, -0.05) is 121 Å². The van der Waals surface area contributed by atoms with Crippen molar-refractivity contribution in [1.82, 2.24) is 9.80 Å². The van der Waals surface area contributed by atoms with E-state index in [9.17, 15) is 29.4 Å². The number of likely N-dealkylation sites (tertiary alicyclic amines) is 2. The van der Waals surface area contributed by atoms with Crippen LogP contribution in [-0.4, -0.2) is 55.8 Å². The van der Waals surface area contributed by atoms with Crippen LogP contribution in [0.5, 0.6) is 0 Å². The fourth-order valence-corrected chi connectivity index (χ4v) is 6.53. The summed E-state index contributed by atoms with van der Waals surface area (Å²) in [6.45, 7) is 0. The Kier molecular flexibility index (Phi) is 10.6. The summed E-state index contributed by atoms with van der Waals surface area (Å²) in [6, 6.07) is 36.4. The average molecular weight is 619 g/mol. The van der Waals surface area contributed by atoms with Gasteiger partial charge >= 0.3 is 11.9 Å². The van der Waals surface area contributed by atoms with Crippen LogP contribution >= 0.6 is 0 Å². The molecule has 6 rings (SSSR count). The largest absolute Gasteiger partial charge is 0.480 e. The molecular weight excluding hydrogens is 580 g/mol. The molecule has 2 unspecified atom stereocenters. The lowest BCUT2D eigenvalue weighted by atomic mass is 10.0. The number of carboxylic acids is 2. The fourth-order valence-electron chi connectivity index (χ4n) is 6.53. The van der Waals surface area contributed by atoms with E-state index in [0.29, 0.717) is 25.7 Å². The molecule has 4 aromatic rings. The van der Waals surface area contributed by atoms with E-state index >= 15 is 0 Å². The van der Waals surface area contributed by atoms with E-state index in [-0.39, 0.29) is 36.7 Å². The monoisotopic (exact) mass is 618 g/mol. The number of carbonyl (C=O) groups is 4. The van der Waals surface area contributed by atoms with Crippen LogP contribution in [-0.2, 0) is 32.0 Å². The summed E-state index contributed by atoms with van der Waals surface area (Å²) < 4.78 is 0. The topological polar surface area (TPSA) is 115 Å². The minimum atomic E-state index is -0.926. The van der Waals surface area contributed by atoms with Crippen molar-refractivity contribution in [2.24, 2.45) is 0 Å². The third-order valence-corrected chi connectivity index (χ3v) is 8.68. The van der Waals surface area contributed by atoms with Gasteiger partial charge in [0, 0.05) is 0 Å². The number of benzene rings is 4. The number of hydrogen-bond donors (Lipinski definition) is 2. The van der Waals surface area contributed by atoms with Crippen LogP contribution in [0.3, 0.4) is 0 Å². The minimum absolute atomic E-state index is 0.130. The smallest absolute Gasteiger partial charge is 0.326 e. The van der Waals surface area contributed by atoms with Gasteiger partial charge in [0.25, 0.3) is 0 Å². The molecule has 8 heteroatoms. The third-order valence-electron chi connectivity index (χ3n) is 8.68. The molecule has 2 saturated heterocycles. The first-order chi connectivity index (χ1) is 22.3. The Labute approximate surface area is 268 Å². The quantitative estimate of drug-likeness (QED) is 0.247. The highest BCUT2D eigenvalue weighted by Crippen LogP contribution is 2.38. The van der Waals surface area contributed by atoms with Crippen LogP contribution in [0, 0.1) is 0 Å². The van der Waals surface area contributed by atoms with Crippen molar-refractivity contribution in [2.45, 2.75) is 62.7 Å². The lowest BCUT2D eigenvalue weighted by molar-refractivity contribution is -0.149. The van der Waals surface area contributed by atoms with Gasteiger partial charge in [0.05, 0.1) is 24.9 Å². The highest BCUT2D eigenvalue weighted by Gasteiger charge is 2.42. The van der Waals surface area contributed by atoms with Crippen molar-refractivity contribution in [1.29, 1.82) is 0 Å². The first kappa shape index (κ1) is 32.2. The van der Waals surface area contributed by atoms with Gasteiger partial charge in [-0.15, -0.1) is 0 Å². The lowest BCUT2D eigenvalue weighted by Crippen LogP contribution is -2.42. The first-order valence-electron chi connectivity index (χ1n) is 15.6. The van der Waals surface area contributed by atoms with E-state index in [1.165, 1.54) is 0 Å². The van der Waals surface area contributed by atoms with Crippen LogP contribution in [0.15, 0.2) is 121 Å². The lowest BCUT2D eigenvalue weighted by Gasteiger charge is -2.29. The molecule has 2 aliphatic rings. The molecule has 0 aromatic heterocycles. The number of carboxylic acid groups (broad SMARTS) is 2. The summed E-state index contributed by atoms with van der Waals surface area (Å²) in [4.78, 5) is 51.8. The Balaban J connectivity index is 0.000000181. The van der Waals surface area contributed by atoms with Gasteiger partial charge in [0.2, 0.25) is 11.8 Å². The number of amides is 2. The number of hydrogen-bond acceptors (Lipinski definition) is 4. The molecule has 46 heavy (non-hydrogen) atoms. The van der Waals surface area contributed by atoms with E-state index in [1.54, 1.807) is 9.80 Å². The normalized spacial score (nSPS) is 20.4. The van der Waals surface area contributed by atoms with E-state index in [4.69, 9.17) is 0 Å². The van der Waals surface area contributed by atoms with Crippen molar-refractivity contribution < 1.29 is 29.4 Å². The molecule has 236 valence electrons. The van der Waals surface area contributed by atoms with Crippen molar-refractivity contribution >= 4 is 23.8 Å². The van der Waals surface area contributed by atoms with E-state index < -0.39 is 24.0 Å². The highest BCUT2D eigenvalue weighted by molar-refractivity contribution is 5.87. The zero-order chi connectivity index (χ0) is 32.5. The zero-order valence-electron chi connectivity index (χ0n) is 25.5. The molecule has 0 radical (unpaired) electrons. The van der Waals surface area contributed by atoms with E-state index in [2.05, 4.69) is 0 Å². The molecule has 2 amide bonds. The predicted octanol–water partition coefficient (Wildman–Crippen LogP) is 6.09. The Morgan fingerprint density at radius 2 is 0.783 bits per heavy atom. The SMILES string of the molecule is O=C(O)C1CCC(c2ccccc2)N1C(=O)Cc1ccccc1.O=C(O)[C@H]1CC[C@@H](c2ccccc2)N1C(=O)Cc1ccccc1. The van der Waals surface area contributed by atoms with Crippen LogP contribution in [0.25, 0.3) is 0 Å². The first-order valence-corrected chi connectivity index (χ1v) is 15.6. The summed E-state index contributed by atoms with van der Waals surface area (Å²) >= 11 is 0. The van der Waals surface area contributed by atoms with Crippen LogP contribution in [0.4, 0.5) is 0 Å². The Morgan fingerprint density at radius 1 is 0.478 bits per heavy atom. The molecule has 2 N–H and O–H groups in total. The second kappa shape index (κ2) is 15.2. The van der Waals surface area contributed by atoms with Crippen molar-refractivity contribution in [2.75, 3.05) is 0 Å². The van der Waals surface area contributed by atoms with Crippen LogP contribution < -0.4 is 0 Å². The number of aliphatic carboxylic acids is 2. The van der Waals surface area contributed by atoms with Gasteiger partial charge in [-0.05, 0) is 47.9 Å². The fraction of sp³-hybridized carbons (Fsp3) is 0.263. The molecule has 2 heterocycles. The molecular formula is C38H38N2O6. The molecule has 0 saturated carbocycles. The number of rotatable bonds is 8. The Hall–Kier alpha value is -5.24. The van der Waals surface area contributed by atoms with Crippen LogP contribution in [0.2, 0.25) is 0 Å². The van der Waals surface area contributed by atoms with Crippen molar-refractivity contribution in [3.8, 4) is 0 Å². The molecule has 0 aliphatic carbocycles. The van der Waals surface area contributed by atoms with Gasteiger partial charge in [-0.3, -0.25) is 9.59 Å². The van der Waals surface area contributed by atoms with Gasteiger partial charge in [-0.2, -0.15) is 0 Å². The Bertz CT molecular complexity index is 1490. The zero-order valence-corrected chi connectivity index (χ0v) is 25.5. The average Bonchev–Trinajstić information content (AvgIpc) is 3.73. The molecule has 8 nitrogen and oxygen atoms in total. The summed E-state index contributed by atoms with van der Waals surface area (Å²) in [5.74, 6) is -2.11. The summed E-state index contributed by atoms with van der Waals surface area (Å²) in [7, 11) is 0. The van der Waals surface area contributed by atoms with Crippen molar-refractivity contribution in [3.05, 3.63) is 144 Å². The van der Waals surface area contributed by atoms with Gasteiger partial charge < -0.3 is 20.0 Å². The minimum Gasteiger partial charge on any atom is -0.480 e. The summed E-state index contributed by atoms with van der Waals surface area (Å²) in [6.07, 6.45) is 2.82. The second-order valence-corrected chi connectivity index (χ2v) is 11.6. The van der Waals surface area contributed by atoms with Gasteiger partial charge in [0.1, 0.15) is 12.1 Å². The number of nitrogens with zero attached hydrogens (tertiary/aromatic N) is 2. The maximum absolute atomic E-state index is 12.8. The molecule has 0 bridgehead atoms. The predicted molar refractivity (Wildman–Crippen MR) is 174 cm³/mol. The summed E-state index contributed by atoms with van der Waals surface area (Å²) in [5, 5.41) is 18.9. The molecule has 0 spiro atoms. The summed E-state index contributed by atoms with van der Waals surface area (Å²) in [5.41, 5.74) is 3.80. The number of carbonyl (C=O) groups excluding carboxylic acids is 2. The maximum Gasteiger partial charge on any atom is 0.326 e. The van der Waals surface area contributed by atoms with Gasteiger partial charge in [0.15, 0.2) is 0 Å². The molecule has 2 fully saturated rings. The Morgan fingerprint density at radius 3 is 1.09 bits per heavy atom. The van der Waals surface area contributed by atoms with E-state index in [1.807, 2.05) is 121 Å². The van der Waals surface area contributed by atoms with Crippen molar-refractivity contribution in [3.63, 3.8) is 0 Å². The molecule has 4 aromatic carbocycles. The van der Waals surface area contributed by atoms with E-state index in [0.717, 1.165) is 22.3 Å².